The fourth-order valence-electron chi connectivity index (χ4n) is 1.18. The van der Waals surface area contributed by atoms with E-state index in [2.05, 4.69) is 15.8 Å². The van der Waals surface area contributed by atoms with Crippen molar-refractivity contribution in [2.45, 2.75) is 13.8 Å². The van der Waals surface area contributed by atoms with E-state index in [1.165, 1.54) is 18.2 Å². The molecule has 96 valence electrons. The molecule has 18 heavy (non-hydrogen) atoms. The molecule has 0 bridgehead atoms. The van der Waals surface area contributed by atoms with Crippen LogP contribution in [0, 0.1) is 0 Å². The third-order valence-corrected chi connectivity index (χ3v) is 1.92. The molecule has 3 amide bonds. The van der Waals surface area contributed by atoms with Gasteiger partial charge in [-0.15, -0.1) is 0 Å². The van der Waals surface area contributed by atoms with Gasteiger partial charge in [0.05, 0.1) is 11.3 Å². The monoisotopic (exact) mass is 250 g/mol. The maximum Gasteiger partial charge on any atom is 0.316 e. The van der Waals surface area contributed by atoms with Crippen molar-refractivity contribution in [3.8, 4) is 5.75 Å². The maximum atomic E-state index is 11.7. The average Bonchev–Trinajstić information content (AvgIpc) is 2.28. The van der Waals surface area contributed by atoms with Crippen LogP contribution in [0.25, 0.3) is 0 Å². The zero-order valence-electron chi connectivity index (χ0n) is 10.0. The van der Waals surface area contributed by atoms with Crippen molar-refractivity contribution in [2.24, 2.45) is 10.8 Å². The molecular formula is C11H14N4O3. The van der Waals surface area contributed by atoms with Gasteiger partial charge in [0.2, 0.25) is 0 Å². The maximum absolute atomic E-state index is 11.7. The molecule has 0 atom stereocenters. The van der Waals surface area contributed by atoms with Crippen LogP contribution in [0.4, 0.5) is 10.5 Å². The number of hydrogen-bond donors (Lipinski definition) is 4. The number of nitrogens with one attached hydrogen (secondary N) is 2. The lowest BCUT2D eigenvalue weighted by molar-refractivity contribution is 0.0952. The van der Waals surface area contributed by atoms with E-state index < -0.39 is 11.9 Å². The first-order valence-electron chi connectivity index (χ1n) is 5.11. The molecule has 7 nitrogen and oxygen atoms in total. The van der Waals surface area contributed by atoms with E-state index in [1.54, 1.807) is 13.8 Å². The zero-order valence-corrected chi connectivity index (χ0v) is 10.0. The number of phenolic OH excluding ortho intramolecular Hbond substituents is 1. The first-order valence-corrected chi connectivity index (χ1v) is 5.11. The Morgan fingerprint density at radius 1 is 1.33 bits per heavy atom. The van der Waals surface area contributed by atoms with Crippen LogP contribution in [-0.4, -0.2) is 22.8 Å². The molecule has 0 radical (unpaired) electrons. The predicted octanol–water partition coefficient (Wildman–Crippen LogP) is 1.01. The third kappa shape index (κ3) is 3.48. The van der Waals surface area contributed by atoms with Crippen LogP contribution in [0.3, 0.4) is 0 Å². The molecule has 0 saturated heterocycles. The fourth-order valence-corrected chi connectivity index (χ4v) is 1.18. The summed E-state index contributed by atoms with van der Waals surface area (Å²) < 4.78 is 0. The number of carbonyl (C=O) groups is 2. The van der Waals surface area contributed by atoms with E-state index in [4.69, 9.17) is 5.73 Å². The van der Waals surface area contributed by atoms with Crippen molar-refractivity contribution in [3.63, 3.8) is 0 Å². The molecule has 0 aliphatic carbocycles. The number of aromatic hydroxyl groups is 1. The largest absolute Gasteiger partial charge is 0.505 e. The summed E-state index contributed by atoms with van der Waals surface area (Å²) in [5, 5.41) is 15.7. The van der Waals surface area contributed by atoms with E-state index >= 15 is 0 Å². The Morgan fingerprint density at radius 2 is 2.00 bits per heavy atom. The Labute approximate surface area is 104 Å². The molecule has 0 heterocycles. The molecule has 0 unspecified atom stereocenters. The van der Waals surface area contributed by atoms with Crippen LogP contribution in [-0.2, 0) is 0 Å². The number of benzene rings is 1. The van der Waals surface area contributed by atoms with Crippen LogP contribution in [0.2, 0.25) is 0 Å². The molecule has 1 aromatic carbocycles. The van der Waals surface area contributed by atoms with E-state index in [0.717, 1.165) is 0 Å². The Balaban J connectivity index is 2.99. The van der Waals surface area contributed by atoms with Gasteiger partial charge in [-0.3, -0.25) is 4.79 Å². The number of primary amides is 1. The summed E-state index contributed by atoms with van der Waals surface area (Å²) in [5.41, 5.74) is 7.91. The van der Waals surface area contributed by atoms with E-state index in [0.29, 0.717) is 5.71 Å². The van der Waals surface area contributed by atoms with Gasteiger partial charge in [0.15, 0.2) is 5.75 Å². The highest BCUT2D eigenvalue weighted by molar-refractivity contribution is 6.01. The lowest BCUT2D eigenvalue weighted by Gasteiger charge is -2.08. The number of carbonyl (C=O) groups excluding carboxylic acids is 2. The second-order valence-electron chi connectivity index (χ2n) is 3.69. The smallest absolute Gasteiger partial charge is 0.316 e. The molecule has 0 aromatic heterocycles. The predicted molar refractivity (Wildman–Crippen MR) is 67.6 cm³/mol. The minimum Gasteiger partial charge on any atom is -0.505 e. The highest BCUT2D eigenvalue weighted by atomic mass is 16.3. The third-order valence-electron chi connectivity index (χ3n) is 1.92. The lowest BCUT2D eigenvalue weighted by atomic mass is 10.1. The lowest BCUT2D eigenvalue weighted by Crippen LogP contribution is -2.21. The topological polar surface area (TPSA) is 117 Å². The normalized spacial score (nSPS) is 9.44. The zero-order chi connectivity index (χ0) is 13.7. The second kappa shape index (κ2) is 5.67. The number of phenols is 1. The standard InChI is InChI=1S/C11H14N4O3/c1-6(2)14-15-10(17)7-4-3-5-8(9(7)16)13-11(12)18/h3-5,16H,1-2H3,(H,15,17)(H3,12,13,18). The summed E-state index contributed by atoms with van der Waals surface area (Å²) in [6.45, 7) is 3.43. The SMILES string of the molecule is CC(C)=NNC(=O)c1cccc(NC(N)=O)c1O. The van der Waals surface area contributed by atoms with Crippen molar-refractivity contribution in [1.82, 2.24) is 5.43 Å². The van der Waals surface area contributed by atoms with Gasteiger partial charge in [0.25, 0.3) is 5.91 Å². The van der Waals surface area contributed by atoms with E-state index in [9.17, 15) is 14.7 Å². The number of hydrazone groups is 1. The molecule has 0 aliphatic rings. The fraction of sp³-hybridized carbons (Fsp3) is 0.182. The number of para-hydroxylation sites is 1. The summed E-state index contributed by atoms with van der Waals surface area (Å²) in [5.74, 6) is -0.945. The molecule has 1 aromatic rings. The van der Waals surface area contributed by atoms with E-state index in [1.807, 2.05) is 0 Å². The average molecular weight is 250 g/mol. The van der Waals surface area contributed by atoms with Gasteiger partial charge in [-0.25, -0.2) is 10.2 Å². The molecule has 0 saturated carbocycles. The Hall–Kier alpha value is -2.57. The second-order valence-corrected chi connectivity index (χ2v) is 3.69. The Morgan fingerprint density at radius 3 is 2.56 bits per heavy atom. The minimum absolute atomic E-state index is 0.00810. The highest BCUT2D eigenvalue weighted by Crippen LogP contribution is 2.27. The summed E-state index contributed by atoms with van der Waals surface area (Å²) in [6, 6.07) is 3.50. The first-order chi connectivity index (χ1) is 8.41. The van der Waals surface area contributed by atoms with Crippen LogP contribution in [0.15, 0.2) is 23.3 Å². The van der Waals surface area contributed by atoms with Crippen molar-refractivity contribution >= 4 is 23.3 Å². The molecule has 5 N–H and O–H groups in total. The van der Waals surface area contributed by atoms with Crippen LogP contribution >= 0.6 is 0 Å². The summed E-state index contributed by atoms with van der Waals surface area (Å²) >= 11 is 0. The number of amides is 3. The summed E-state index contributed by atoms with van der Waals surface area (Å²) in [7, 11) is 0. The number of urea groups is 1. The molecule has 0 fully saturated rings. The quantitative estimate of drug-likeness (QED) is 0.364. The number of nitrogens with two attached hydrogens (primary N) is 1. The molecule has 7 heteroatoms. The van der Waals surface area contributed by atoms with E-state index in [-0.39, 0.29) is 17.0 Å². The van der Waals surface area contributed by atoms with Gasteiger partial charge in [-0.1, -0.05) is 6.07 Å². The van der Waals surface area contributed by atoms with Gasteiger partial charge in [-0.2, -0.15) is 5.10 Å². The number of anilines is 1. The van der Waals surface area contributed by atoms with Gasteiger partial charge in [0.1, 0.15) is 0 Å². The summed E-state index contributed by atoms with van der Waals surface area (Å²) in [6.07, 6.45) is 0. The van der Waals surface area contributed by atoms with Crippen LogP contribution in [0.5, 0.6) is 5.75 Å². The minimum atomic E-state index is -0.828. The van der Waals surface area contributed by atoms with Gasteiger partial charge < -0.3 is 16.2 Å². The van der Waals surface area contributed by atoms with Crippen LogP contribution in [0.1, 0.15) is 24.2 Å². The Kier molecular flexibility index (Phi) is 4.25. The van der Waals surface area contributed by atoms with Crippen molar-refractivity contribution < 1.29 is 14.7 Å². The van der Waals surface area contributed by atoms with Gasteiger partial charge in [-0.05, 0) is 26.0 Å². The van der Waals surface area contributed by atoms with Gasteiger partial charge >= 0.3 is 6.03 Å². The van der Waals surface area contributed by atoms with Crippen molar-refractivity contribution in [1.29, 1.82) is 0 Å². The number of rotatable bonds is 3. The van der Waals surface area contributed by atoms with Crippen molar-refractivity contribution in [2.75, 3.05) is 5.32 Å². The number of nitrogens with zero attached hydrogens (tertiary/aromatic N) is 1. The molecule has 0 aliphatic heterocycles. The number of hydrogen-bond acceptors (Lipinski definition) is 4. The molecular weight excluding hydrogens is 236 g/mol. The van der Waals surface area contributed by atoms with Gasteiger partial charge in [0, 0.05) is 5.71 Å². The van der Waals surface area contributed by atoms with Crippen molar-refractivity contribution in [3.05, 3.63) is 23.8 Å². The Bertz CT molecular complexity index is 507. The first kappa shape index (κ1) is 13.5. The molecule has 1 rings (SSSR count). The van der Waals surface area contributed by atoms with Crippen LogP contribution < -0.4 is 16.5 Å². The molecule has 0 spiro atoms. The summed E-state index contributed by atoms with van der Waals surface area (Å²) in [4.78, 5) is 22.4. The highest BCUT2D eigenvalue weighted by Gasteiger charge is 2.14.